The number of hydrogen-bond donors (Lipinski definition) is 3. The van der Waals surface area contributed by atoms with E-state index >= 15 is 0 Å². The van der Waals surface area contributed by atoms with Gasteiger partial charge in [-0.1, -0.05) is 36.4 Å². The molecule has 6 heteroatoms. The van der Waals surface area contributed by atoms with Crippen LogP contribution in [-0.4, -0.2) is 55.0 Å². The summed E-state index contributed by atoms with van der Waals surface area (Å²) in [4.78, 5) is 2.37. The molecule has 0 aliphatic carbocycles. The molecule has 6 nitrogen and oxygen atoms in total. The van der Waals surface area contributed by atoms with Gasteiger partial charge in [0, 0.05) is 43.7 Å². The average Bonchev–Trinajstić information content (AvgIpc) is 3.17. The zero-order chi connectivity index (χ0) is 20.2. The Balaban J connectivity index is 1.37. The summed E-state index contributed by atoms with van der Waals surface area (Å²) in [6.45, 7) is 8.34. The summed E-state index contributed by atoms with van der Waals surface area (Å²) in [7, 11) is 0. The van der Waals surface area contributed by atoms with E-state index in [1.807, 2.05) is 18.2 Å². The van der Waals surface area contributed by atoms with E-state index in [-0.39, 0.29) is 29.9 Å². The Morgan fingerprint density at radius 2 is 1.86 bits per heavy atom. The van der Waals surface area contributed by atoms with Gasteiger partial charge < -0.3 is 14.6 Å². The number of phenolic OH excluding ortho intramolecular Hbond substituents is 1. The molecule has 0 bridgehead atoms. The molecule has 0 amide bonds. The first-order valence-electron chi connectivity index (χ1n) is 10.5. The summed E-state index contributed by atoms with van der Waals surface area (Å²) in [5.41, 5.74) is 8.67. The Morgan fingerprint density at radius 3 is 2.59 bits per heavy atom. The highest BCUT2D eigenvalue weighted by Gasteiger charge is 2.31. The van der Waals surface area contributed by atoms with Crippen LogP contribution in [0.15, 0.2) is 48.5 Å². The Kier molecular flexibility index (Phi) is 6.35. The molecule has 2 saturated heterocycles. The van der Waals surface area contributed by atoms with Crippen molar-refractivity contribution in [2.75, 3.05) is 32.8 Å². The van der Waals surface area contributed by atoms with Crippen molar-refractivity contribution in [2.45, 2.75) is 38.0 Å². The molecule has 3 N–H and O–H groups in total. The number of rotatable bonds is 6. The molecular weight excluding hydrogens is 366 g/mol. The molecule has 0 aromatic heterocycles. The molecule has 156 valence electrons. The monoisotopic (exact) mass is 397 g/mol. The lowest BCUT2D eigenvalue weighted by Gasteiger charge is -2.35. The number of morpholine rings is 1. The topological polar surface area (TPSA) is 66.0 Å². The summed E-state index contributed by atoms with van der Waals surface area (Å²) in [5.74, 6) is 1.22. The highest BCUT2D eigenvalue weighted by Crippen LogP contribution is 2.38. The van der Waals surface area contributed by atoms with Crippen LogP contribution in [0.3, 0.4) is 0 Å². The molecule has 2 fully saturated rings. The molecule has 0 saturated carbocycles. The van der Waals surface area contributed by atoms with Crippen molar-refractivity contribution in [1.29, 1.82) is 0 Å². The minimum Gasteiger partial charge on any atom is -0.507 e. The van der Waals surface area contributed by atoms with Crippen molar-refractivity contribution in [1.82, 2.24) is 15.8 Å². The fourth-order valence-electron chi connectivity index (χ4n) is 4.44. The lowest BCUT2D eigenvalue weighted by Crippen LogP contribution is -2.46. The summed E-state index contributed by atoms with van der Waals surface area (Å²) in [5, 5.41) is 10.7. The van der Waals surface area contributed by atoms with Crippen LogP contribution in [-0.2, 0) is 4.74 Å². The van der Waals surface area contributed by atoms with Crippen molar-refractivity contribution < 1.29 is 14.6 Å². The first-order valence-corrected chi connectivity index (χ1v) is 10.5. The maximum absolute atomic E-state index is 10.7. The van der Waals surface area contributed by atoms with Gasteiger partial charge in [0.15, 0.2) is 0 Å². The summed E-state index contributed by atoms with van der Waals surface area (Å²) in [6.07, 6.45) is 0.513. The molecule has 2 aromatic carbocycles. The van der Waals surface area contributed by atoms with E-state index in [4.69, 9.17) is 9.47 Å². The number of benzene rings is 2. The molecule has 2 aliphatic heterocycles. The lowest BCUT2D eigenvalue weighted by molar-refractivity contribution is -0.0699. The summed E-state index contributed by atoms with van der Waals surface area (Å²) < 4.78 is 11.7. The van der Waals surface area contributed by atoms with Crippen LogP contribution >= 0.6 is 0 Å². The molecule has 29 heavy (non-hydrogen) atoms. The Bertz CT molecular complexity index is 791. The largest absolute Gasteiger partial charge is 0.507 e. The van der Waals surface area contributed by atoms with Crippen LogP contribution in [0.2, 0.25) is 0 Å². The van der Waals surface area contributed by atoms with E-state index in [1.165, 1.54) is 5.56 Å². The quantitative estimate of drug-likeness (QED) is 0.697. The van der Waals surface area contributed by atoms with Gasteiger partial charge in [-0.15, -0.1) is 0 Å². The normalized spacial score (nSPS) is 27.8. The van der Waals surface area contributed by atoms with Crippen molar-refractivity contribution in [3.05, 3.63) is 59.7 Å². The van der Waals surface area contributed by atoms with Gasteiger partial charge in [0.05, 0.1) is 18.2 Å². The van der Waals surface area contributed by atoms with Gasteiger partial charge in [-0.3, -0.25) is 10.3 Å². The third-order valence-corrected chi connectivity index (χ3v) is 5.72. The number of phenols is 1. The third kappa shape index (κ3) is 4.90. The number of ether oxygens (including phenoxy) is 2. The molecule has 2 aromatic rings. The molecule has 4 atom stereocenters. The minimum atomic E-state index is 0.0165. The zero-order valence-electron chi connectivity index (χ0n) is 17.2. The number of aromatic hydroxyl groups is 1. The highest BCUT2D eigenvalue weighted by atomic mass is 16.5. The molecular formula is C23H31N3O3. The summed E-state index contributed by atoms with van der Waals surface area (Å²) in [6, 6.07) is 16.0. The first kappa shape index (κ1) is 20.2. The van der Waals surface area contributed by atoms with Crippen LogP contribution in [0.5, 0.6) is 11.5 Å². The van der Waals surface area contributed by atoms with Crippen LogP contribution in [0.1, 0.15) is 36.9 Å². The minimum absolute atomic E-state index is 0.0165. The van der Waals surface area contributed by atoms with Crippen LogP contribution in [0.4, 0.5) is 0 Å². The van der Waals surface area contributed by atoms with Crippen molar-refractivity contribution in [3.63, 3.8) is 0 Å². The summed E-state index contributed by atoms with van der Waals surface area (Å²) >= 11 is 0. The van der Waals surface area contributed by atoms with Crippen LogP contribution < -0.4 is 15.6 Å². The highest BCUT2D eigenvalue weighted by molar-refractivity contribution is 5.43. The molecule has 0 radical (unpaired) electrons. The SMILES string of the molecule is CC1CN(CCOc2ccc(C3NNCC3c3ccccc3)c(O)c2)CC(C)O1. The van der Waals surface area contributed by atoms with Crippen LogP contribution in [0, 0.1) is 0 Å². The molecule has 0 spiro atoms. The zero-order valence-corrected chi connectivity index (χ0v) is 17.2. The van der Waals surface area contributed by atoms with Gasteiger partial charge in [0.2, 0.25) is 0 Å². The van der Waals surface area contributed by atoms with Gasteiger partial charge in [-0.05, 0) is 25.5 Å². The molecule has 2 aliphatic rings. The van der Waals surface area contributed by atoms with Gasteiger partial charge in [0.25, 0.3) is 0 Å². The fourth-order valence-corrected chi connectivity index (χ4v) is 4.44. The maximum atomic E-state index is 10.7. The first-order chi connectivity index (χ1) is 14.1. The maximum Gasteiger partial charge on any atom is 0.124 e. The average molecular weight is 398 g/mol. The second-order valence-corrected chi connectivity index (χ2v) is 8.11. The van der Waals surface area contributed by atoms with E-state index in [2.05, 4.69) is 53.9 Å². The van der Waals surface area contributed by atoms with Crippen molar-refractivity contribution >= 4 is 0 Å². The van der Waals surface area contributed by atoms with Gasteiger partial charge >= 0.3 is 0 Å². The predicted molar refractivity (Wildman–Crippen MR) is 113 cm³/mol. The number of nitrogens with zero attached hydrogens (tertiary/aromatic N) is 1. The van der Waals surface area contributed by atoms with Gasteiger partial charge in [-0.25, -0.2) is 5.43 Å². The predicted octanol–water partition coefficient (Wildman–Crippen LogP) is 2.81. The Morgan fingerprint density at radius 1 is 1.10 bits per heavy atom. The molecule has 2 heterocycles. The standard InChI is InChI=1S/C23H31N3O3/c1-16-14-26(15-17(2)29-16)10-11-28-19-8-9-20(22(27)12-19)23-21(13-24-25-23)18-6-4-3-5-7-18/h3-9,12,16-17,21,23-25,27H,10-11,13-15H2,1-2H3. The van der Waals surface area contributed by atoms with Crippen molar-refractivity contribution in [3.8, 4) is 11.5 Å². The van der Waals surface area contributed by atoms with E-state index in [0.717, 1.165) is 31.7 Å². The second kappa shape index (κ2) is 9.13. The van der Waals surface area contributed by atoms with E-state index in [0.29, 0.717) is 12.4 Å². The molecule has 4 rings (SSSR count). The van der Waals surface area contributed by atoms with E-state index < -0.39 is 0 Å². The van der Waals surface area contributed by atoms with Crippen molar-refractivity contribution in [2.24, 2.45) is 0 Å². The lowest BCUT2D eigenvalue weighted by atomic mass is 9.88. The third-order valence-electron chi connectivity index (χ3n) is 5.72. The Labute approximate surface area is 172 Å². The van der Waals surface area contributed by atoms with Gasteiger partial charge in [-0.2, -0.15) is 0 Å². The number of hydrogen-bond acceptors (Lipinski definition) is 6. The van der Waals surface area contributed by atoms with Crippen LogP contribution in [0.25, 0.3) is 0 Å². The smallest absolute Gasteiger partial charge is 0.124 e. The number of hydrazine groups is 1. The number of nitrogens with one attached hydrogen (secondary N) is 2. The molecule has 4 unspecified atom stereocenters. The van der Waals surface area contributed by atoms with Gasteiger partial charge in [0.1, 0.15) is 18.1 Å². The van der Waals surface area contributed by atoms with E-state index in [1.54, 1.807) is 6.07 Å². The Hall–Kier alpha value is -2.12. The fraction of sp³-hybridized carbons (Fsp3) is 0.478. The van der Waals surface area contributed by atoms with E-state index in [9.17, 15) is 5.11 Å². The second-order valence-electron chi connectivity index (χ2n) is 8.11.